The first-order valence-corrected chi connectivity index (χ1v) is 5.32. The van der Waals surface area contributed by atoms with E-state index >= 15 is 0 Å². The molecule has 0 saturated carbocycles. The fourth-order valence-electron chi connectivity index (χ4n) is 0.372. The van der Waals surface area contributed by atoms with Gasteiger partial charge in [0.25, 0.3) is 0 Å². The molecule has 1 N–H and O–H groups in total. The maximum Gasteiger partial charge on any atom is 0.101 e. The maximum absolute atomic E-state index is 3.42. The van der Waals surface area contributed by atoms with E-state index < -0.39 is 0 Å². The van der Waals surface area contributed by atoms with Crippen LogP contribution in [0.3, 0.4) is 0 Å². The summed E-state index contributed by atoms with van der Waals surface area (Å²) in [5.74, 6) is 0. The zero-order valence-electron chi connectivity index (χ0n) is 3.49. The lowest BCUT2D eigenvalue weighted by Gasteiger charge is -1.78. The van der Waals surface area contributed by atoms with E-state index in [1.807, 2.05) is 0 Å². The SMILES string of the molecule is [SiH3]N[SiH]1CC1. The van der Waals surface area contributed by atoms with Crippen LogP contribution in [0.25, 0.3) is 0 Å². The molecule has 1 nitrogen and oxygen atoms in total. The summed E-state index contributed by atoms with van der Waals surface area (Å²) < 4.78 is 3.42. The summed E-state index contributed by atoms with van der Waals surface area (Å²) in [5.41, 5.74) is 0. The Kier molecular flexibility index (Phi) is 0.886. The summed E-state index contributed by atoms with van der Waals surface area (Å²) in [5, 5.41) is 0. The molecule has 0 atom stereocenters. The van der Waals surface area contributed by atoms with E-state index in [2.05, 4.69) is 4.65 Å². The summed E-state index contributed by atoms with van der Waals surface area (Å²) in [6.07, 6.45) is 0. The molecule has 1 rings (SSSR count). The fourth-order valence-corrected chi connectivity index (χ4v) is 3.35. The van der Waals surface area contributed by atoms with E-state index in [0.717, 1.165) is 0 Å². The van der Waals surface area contributed by atoms with Gasteiger partial charge in [0.15, 0.2) is 0 Å². The largest absolute Gasteiger partial charge is 0.369 e. The second kappa shape index (κ2) is 1.24. The van der Waals surface area contributed by atoms with E-state index in [1.165, 1.54) is 10.4 Å². The molecule has 0 amide bonds. The third-order valence-electron chi connectivity index (χ3n) is 0.986. The topological polar surface area (TPSA) is 12.0 Å². The summed E-state index contributed by atoms with van der Waals surface area (Å²) in [6.45, 7) is 0. The van der Waals surface area contributed by atoms with Gasteiger partial charge >= 0.3 is 0 Å². The third-order valence-corrected chi connectivity index (χ3v) is 5.41. The van der Waals surface area contributed by atoms with Gasteiger partial charge in [-0.15, -0.1) is 0 Å². The Morgan fingerprint density at radius 2 is 2.20 bits per heavy atom. The Balaban J connectivity index is 2.00. The molecule has 3 heteroatoms. The van der Waals surface area contributed by atoms with Gasteiger partial charge in [-0.3, -0.25) is 0 Å². The van der Waals surface area contributed by atoms with Crippen LogP contribution in [0.15, 0.2) is 0 Å². The van der Waals surface area contributed by atoms with E-state index in [1.54, 1.807) is 12.1 Å². The predicted molar refractivity (Wildman–Crippen MR) is 29.8 cm³/mol. The van der Waals surface area contributed by atoms with E-state index in [9.17, 15) is 0 Å². The Morgan fingerprint density at radius 3 is 2.20 bits per heavy atom. The molecule has 1 aliphatic rings. The predicted octanol–water partition coefficient (Wildman–Crippen LogP) is -1.41. The number of hydrogen-bond donors (Lipinski definition) is 1. The van der Waals surface area contributed by atoms with Crippen LogP contribution in [-0.4, -0.2) is 19.4 Å². The molecule has 5 heavy (non-hydrogen) atoms. The molecule has 0 spiro atoms. The molecule has 0 aromatic heterocycles. The van der Waals surface area contributed by atoms with Crippen LogP contribution in [0.4, 0.5) is 0 Å². The van der Waals surface area contributed by atoms with Crippen LogP contribution in [0.5, 0.6) is 0 Å². The molecule has 30 valence electrons. The molecule has 0 bridgehead atoms. The van der Waals surface area contributed by atoms with Crippen LogP contribution < -0.4 is 4.65 Å². The summed E-state index contributed by atoms with van der Waals surface area (Å²) in [6, 6.07) is 3.15. The highest BCUT2D eigenvalue weighted by Gasteiger charge is 2.19. The minimum atomic E-state index is -0.0880. The Morgan fingerprint density at radius 1 is 1.60 bits per heavy atom. The quantitative estimate of drug-likeness (QED) is 0.402. The molecule has 1 fully saturated rings. The highest BCUT2D eigenvalue weighted by molar-refractivity contribution is 6.71. The monoisotopic (exact) mass is 103 g/mol. The molecule has 1 heterocycles. The van der Waals surface area contributed by atoms with Crippen molar-refractivity contribution in [3.8, 4) is 0 Å². The molecule has 1 aliphatic heterocycles. The average molecular weight is 103 g/mol. The molecular weight excluding hydrogens is 94.2 g/mol. The number of nitrogens with one attached hydrogen (secondary N) is 1. The maximum atomic E-state index is 3.42. The summed E-state index contributed by atoms with van der Waals surface area (Å²) >= 11 is 0. The van der Waals surface area contributed by atoms with Crippen molar-refractivity contribution in [2.45, 2.75) is 12.1 Å². The Labute approximate surface area is 37.0 Å². The molecule has 1 saturated heterocycles. The van der Waals surface area contributed by atoms with Crippen molar-refractivity contribution in [3.05, 3.63) is 0 Å². The van der Waals surface area contributed by atoms with Crippen LogP contribution in [-0.2, 0) is 0 Å². The van der Waals surface area contributed by atoms with Gasteiger partial charge in [0.1, 0.15) is 8.96 Å². The average Bonchev–Trinajstić information content (AvgIpc) is 2.12. The molecular formula is C2H9NSi2. The van der Waals surface area contributed by atoms with Crippen molar-refractivity contribution < 1.29 is 0 Å². The molecule has 0 aromatic carbocycles. The first-order chi connectivity index (χ1) is 2.43. The van der Waals surface area contributed by atoms with Crippen molar-refractivity contribution in [1.29, 1.82) is 0 Å². The van der Waals surface area contributed by atoms with Crippen LogP contribution in [0.2, 0.25) is 12.1 Å². The lowest BCUT2D eigenvalue weighted by atomic mass is 11.0. The molecule has 0 aromatic rings. The first kappa shape index (κ1) is 3.58. The van der Waals surface area contributed by atoms with Gasteiger partial charge in [0, 0.05) is 0 Å². The molecule has 0 aliphatic carbocycles. The molecule has 0 unspecified atom stereocenters. The van der Waals surface area contributed by atoms with Gasteiger partial charge in [0.2, 0.25) is 0 Å². The van der Waals surface area contributed by atoms with Crippen molar-refractivity contribution in [1.82, 2.24) is 4.65 Å². The van der Waals surface area contributed by atoms with Gasteiger partial charge in [0.05, 0.1) is 10.4 Å². The van der Waals surface area contributed by atoms with Gasteiger partial charge in [-0.2, -0.15) is 0 Å². The minimum absolute atomic E-state index is 0.0880. The second-order valence-corrected chi connectivity index (χ2v) is 6.42. The second-order valence-electron chi connectivity index (χ2n) is 1.56. The first-order valence-electron chi connectivity index (χ1n) is 2.11. The van der Waals surface area contributed by atoms with E-state index in [0.29, 0.717) is 0 Å². The fraction of sp³-hybridized carbons (Fsp3) is 1.00. The summed E-state index contributed by atoms with van der Waals surface area (Å²) in [7, 11) is 1.16. The normalized spacial score (nSPS) is 24.0. The lowest BCUT2D eigenvalue weighted by molar-refractivity contribution is 1.62. The van der Waals surface area contributed by atoms with Crippen molar-refractivity contribution in [2.24, 2.45) is 0 Å². The number of hydrogen-bond acceptors (Lipinski definition) is 1. The van der Waals surface area contributed by atoms with Gasteiger partial charge in [-0.25, -0.2) is 0 Å². The zero-order chi connectivity index (χ0) is 3.70. The third kappa shape index (κ3) is 0.865. The Hall–Kier alpha value is 0.394. The van der Waals surface area contributed by atoms with E-state index in [-0.39, 0.29) is 8.96 Å². The van der Waals surface area contributed by atoms with Gasteiger partial charge in [-0.1, -0.05) is 0 Å². The molecule has 0 radical (unpaired) electrons. The van der Waals surface area contributed by atoms with E-state index in [4.69, 9.17) is 0 Å². The highest BCUT2D eigenvalue weighted by atomic mass is 28.3. The van der Waals surface area contributed by atoms with Crippen molar-refractivity contribution in [2.75, 3.05) is 0 Å². The smallest absolute Gasteiger partial charge is 0.101 e. The zero-order valence-corrected chi connectivity index (χ0v) is 6.65. The minimum Gasteiger partial charge on any atom is -0.369 e. The lowest BCUT2D eigenvalue weighted by Crippen LogP contribution is -2.14. The Bertz CT molecular complexity index is 34.6. The van der Waals surface area contributed by atoms with Gasteiger partial charge < -0.3 is 4.65 Å². The number of rotatable bonds is 1. The van der Waals surface area contributed by atoms with Crippen molar-refractivity contribution in [3.63, 3.8) is 0 Å². The standard InChI is InChI=1S/C2H9NSi2/c4-3-5-1-2-5/h3,5H,1-2H2,4H3. The van der Waals surface area contributed by atoms with Crippen LogP contribution >= 0.6 is 0 Å². The summed E-state index contributed by atoms with van der Waals surface area (Å²) in [4.78, 5) is 0. The van der Waals surface area contributed by atoms with Crippen LogP contribution in [0, 0.1) is 0 Å². The van der Waals surface area contributed by atoms with Gasteiger partial charge in [-0.05, 0) is 12.1 Å². The van der Waals surface area contributed by atoms with Crippen LogP contribution in [0.1, 0.15) is 0 Å². The highest BCUT2D eigenvalue weighted by Crippen LogP contribution is 2.15. The van der Waals surface area contributed by atoms with Crippen molar-refractivity contribution >= 4 is 19.4 Å².